The first-order valence-electron chi connectivity index (χ1n) is 5.14. The number of ether oxygens (including phenoxy) is 2. The van der Waals surface area contributed by atoms with Crippen LogP contribution in [0.15, 0.2) is 16.6 Å². The average Bonchev–Trinajstić information content (AvgIpc) is 2.74. The Labute approximate surface area is 107 Å². The third-order valence-electron chi connectivity index (χ3n) is 2.52. The highest BCUT2D eigenvalue weighted by Crippen LogP contribution is 2.31. The first-order valence-corrected chi connectivity index (χ1v) is 5.94. The molecule has 1 unspecified atom stereocenters. The zero-order chi connectivity index (χ0) is 12.4. The van der Waals surface area contributed by atoms with Gasteiger partial charge in [-0.25, -0.2) is 4.79 Å². The van der Waals surface area contributed by atoms with Crippen LogP contribution in [-0.2, 0) is 4.74 Å². The summed E-state index contributed by atoms with van der Waals surface area (Å²) in [6, 6.07) is 2.97. The van der Waals surface area contributed by atoms with Crippen molar-refractivity contribution in [3.05, 3.63) is 22.2 Å². The Morgan fingerprint density at radius 1 is 1.59 bits per heavy atom. The number of hydrogen-bond acceptors (Lipinski definition) is 4. The molecule has 1 fully saturated rings. The van der Waals surface area contributed by atoms with Gasteiger partial charge in [0.05, 0.1) is 23.2 Å². The molecule has 6 heteroatoms. The SMILES string of the molecule is Nc1cc(Br)c(OC2CCOC2)cc1C(=O)O. The minimum absolute atomic E-state index is 0.0310. The molecule has 3 N–H and O–H groups in total. The Hall–Kier alpha value is -1.27. The van der Waals surface area contributed by atoms with Crippen LogP contribution in [0.2, 0.25) is 0 Å². The van der Waals surface area contributed by atoms with Crippen LogP contribution in [0.4, 0.5) is 5.69 Å². The number of carboxylic acid groups (broad SMARTS) is 1. The first-order chi connectivity index (χ1) is 8.08. The predicted molar refractivity (Wildman–Crippen MR) is 65.4 cm³/mol. The number of rotatable bonds is 3. The van der Waals surface area contributed by atoms with Crippen molar-refractivity contribution in [2.45, 2.75) is 12.5 Å². The highest BCUT2D eigenvalue weighted by molar-refractivity contribution is 9.10. The van der Waals surface area contributed by atoms with E-state index in [1.165, 1.54) is 12.1 Å². The lowest BCUT2D eigenvalue weighted by atomic mass is 10.1. The topological polar surface area (TPSA) is 81.8 Å². The second-order valence-corrected chi connectivity index (χ2v) is 4.63. The summed E-state index contributed by atoms with van der Waals surface area (Å²) in [5.41, 5.74) is 5.86. The van der Waals surface area contributed by atoms with Crippen LogP contribution in [-0.4, -0.2) is 30.4 Å². The number of hydrogen-bond donors (Lipinski definition) is 2. The Kier molecular flexibility index (Phi) is 3.54. The Balaban J connectivity index is 2.26. The van der Waals surface area contributed by atoms with E-state index in [4.69, 9.17) is 20.3 Å². The third kappa shape index (κ3) is 2.70. The number of nitrogen functional groups attached to an aromatic ring is 1. The van der Waals surface area contributed by atoms with Crippen molar-refractivity contribution >= 4 is 27.6 Å². The smallest absolute Gasteiger partial charge is 0.337 e. The lowest BCUT2D eigenvalue weighted by Crippen LogP contribution is -2.16. The molecular formula is C11H12BrNO4. The maximum Gasteiger partial charge on any atom is 0.337 e. The summed E-state index contributed by atoms with van der Waals surface area (Å²) in [6.07, 6.45) is 0.774. The molecule has 1 aliphatic rings. The number of carboxylic acids is 1. The summed E-state index contributed by atoms with van der Waals surface area (Å²) in [5.74, 6) is -0.588. The molecule has 0 amide bonds. The molecule has 0 radical (unpaired) electrons. The van der Waals surface area contributed by atoms with Gasteiger partial charge in [0.1, 0.15) is 11.9 Å². The molecule has 0 spiro atoms. The number of carbonyl (C=O) groups is 1. The summed E-state index contributed by atoms with van der Waals surface area (Å²) in [4.78, 5) is 10.9. The van der Waals surface area contributed by atoms with Crippen molar-refractivity contribution < 1.29 is 19.4 Å². The Morgan fingerprint density at radius 2 is 2.35 bits per heavy atom. The molecule has 0 bridgehead atoms. The molecule has 2 rings (SSSR count). The first kappa shape index (κ1) is 12.2. The van der Waals surface area contributed by atoms with E-state index in [9.17, 15) is 4.79 Å². The maximum atomic E-state index is 10.9. The molecule has 1 aromatic rings. The van der Waals surface area contributed by atoms with Crippen LogP contribution in [0.3, 0.4) is 0 Å². The summed E-state index contributed by atoms with van der Waals surface area (Å²) < 4.78 is 11.5. The van der Waals surface area contributed by atoms with Gasteiger partial charge in [0.15, 0.2) is 0 Å². The van der Waals surface area contributed by atoms with Crippen molar-refractivity contribution in [1.29, 1.82) is 0 Å². The molecule has 0 saturated carbocycles. The van der Waals surface area contributed by atoms with Gasteiger partial charge in [-0.05, 0) is 28.1 Å². The van der Waals surface area contributed by atoms with Crippen LogP contribution in [0.25, 0.3) is 0 Å². The second-order valence-electron chi connectivity index (χ2n) is 3.78. The molecule has 0 aliphatic carbocycles. The summed E-state index contributed by atoms with van der Waals surface area (Å²) in [5, 5.41) is 8.97. The number of halogens is 1. The summed E-state index contributed by atoms with van der Waals surface area (Å²) in [6.45, 7) is 1.20. The van der Waals surface area contributed by atoms with Gasteiger partial charge in [-0.3, -0.25) is 0 Å². The van der Waals surface area contributed by atoms with Gasteiger partial charge in [0, 0.05) is 12.1 Å². The predicted octanol–water partition coefficient (Wildman–Crippen LogP) is 1.90. The second kappa shape index (κ2) is 4.93. The van der Waals surface area contributed by atoms with Gasteiger partial charge in [-0.2, -0.15) is 0 Å². The standard InChI is InChI=1S/C11H12BrNO4/c12-8-4-9(13)7(11(14)15)3-10(8)17-6-1-2-16-5-6/h3-4,6H,1-2,5,13H2,(H,14,15). The van der Waals surface area contributed by atoms with Crippen molar-refractivity contribution in [3.8, 4) is 5.75 Å². The zero-order valence-electron chi connectivity index (χ0n) is 8.98. The van der Waals surface area contributed by atoms with Gasteiger partial charge in [0.2, 0.25) is 0 Å². The van der Waals surface area contributed by atoms with Crippen molar-refractivity contribution in [1.82, 2.24) is 0 Å². The molecule has 5 nitrogen and oxygen atoms in total. The van der Waals surface area contributed by atoms with Gasteiger partial charge >= 0.3 is 5.97 Å². The fourth-order valence-corrected chi connectivity index (χ4v) is 2.08. The van der Waals surface area contributed by atoms with Gasteiger partial charge < -0.3 is 20.3 Å². The molecule has 92 valence electrons. The van der Waals surface area contributed by atoms with E-state index in [0.717, 1.165) is 6.42 Å². The van der Waals surface area contributed by atoms with E-state index >= 15 is 0 Å². The van der Waals surface area contributed by atoms with E-state index in [0.29, 0.717) is 23.4 Å². The van der Waals surface area contributed by atoms with Gasteiger partial charge in [0.25, 0.3) is 0 Å². The van der Waals surface area contributed by atoms with E-state index in [1.54, 1.807) is 0 Å². The van der Waals surface area contributed by atoms with Crippen LogP contribution < -0.4 is 10.5 Å². The van der Waals surface area contributed by atoms with Crippen molar-refractivity contribution in [2.75, 3.05) is 18.9 Å². The van der Waals surface area contributed by atoms with E-state index in [2.05, 4.69) is 15.9 Å². The van der Waals surface area contributed by atoms with Crippen molar-refractivity contribution in [3.63, 3.8) is 0 Å². The van der Waals surface area contributed by atoms with Gasteiger partial charge in [-0.1, -0.05) is 0 Å². The minimum atomic E-state index is -1.07. The lowest BCUT2D eigenvalue weighted by molar-refractivity contribution is 0.0697. The fraction of sp³-hybridized carbons (Fsp3) is 0.364. The number of benzene rings is 1. The molecular weight excluding hydrogens is 290 g/mol. The molecule has 1 aliphatic heterocycles. The van der Waals surface area contributed by atoms with Crippen LogP contribution in [0.5, 0.6) is 5.75 Å². The molecule has 1 aromatic carbocycles. The fourth-order valence-electron chi connectivity index (χ4n) is 1.63. The van der Waals surface area contributed by atoms with Gasteiger partial charge in [-0.15, -0.1) is 0 Å². The van der Waals surface area contributed by atoms with Crippen LogP contribution in [0, 0.1) is 0 Å². The highest BCUT2D eigenvalue weighted by atomic mass is 79.9. The Morgan fingerprint density at radius 3 is 2.94 bits per heavy atom. The monoisotopic (exact) mass is 301 g/mol. The summed E-state index contributed by atoms with van der Waals surface area (Å²) >= 11 is 3.30. The number of anilines is 1. The largest absolute Gasteiger partial charge is 0.487 e. The zero-order valence-corrected chi connectivity index (χ0v) is 10.6. The third-order valence-corrected chi connectivity index (χ3v) is 3.14. The lowest BCUT2D eigenvalue weighted by Gasteiger charge is -2.14. The number of aromatic carboxylic acids is 1. The summed E-state index contributed by atoms with van der Waals surface area (Å²) in [7, 11) is 0. The van der Waals surface area contributed by atoms with Crippen molar-refractivity contribution in [2.24, 2.45) is 0 Å². The maximum absolute atomic E-state index is 10.9. The minimum Gasteiger partial charge on any atom is -0.487 e. The highest BCUT2D eigenvalue weighted by Gasteiger charge is 2.20. The van der Waals surface area contributed by atoms with E-state index in [-0.39, 0.29) is 17.4 Å². The van der Waals surface area contributed by atoms with Crippen LogP contribution in [0.1, 0.15) is 16.8 Å². The molecule has 0 aromatic heterocycles. The average molecular weight is 302 g/mol. The number of nitrogens with two attached hydrogens (primary N) is 1. The van der Waals surface area contributed by atoms with Crippen LogP contribution >= 0.6 is 15.9 Å². The molecule has 1 saturated heterocycles. The normalized spacial score (nSPS) is 19.2. The Bertz CT molecular complexity index is 443. The quantitative estimate of drug-likeness (QED) is 0.833. The van der Waals surface area contributed by atoms with E-state index in [1.807, 2.05) is 0 Å². The van der Waals surface area contributed by atoms with E-state index < -0.39 is 5.97 Å². The molecule has 17 heavy (non-hydrogen) atoms. The molecule has 1 heterocycles. The molecule has 1 atom stereocenters.